The van der Waals surface area contributed by atoms with E-state index in [1.165, 1.54) is 0 Å². The largest absolute Gasteiger partial charge is 0.494 e. The van der Waals surface area contributed by atoms with Gasteiger partial charge in [-0.2, -0.15) is 0 Å². The molecule has 0 saturated carbocycles. The van der Waals surface area contributed by atoms with Crippen molar-refractivity contribution < 1.29 is 19.1 Å². The number of carbonyl (C=O) groups excluding carboxylic acids is 2. The molecule has 0 saturated heterocycles. The molecule has 0 aliphatic rings. The number of nitrogens with one attached hydrogen (secondary N) is 2. The van der Waals surface area contributed by atoms with E-state index in [0.29, 0.717) is 79.6 Å². The van der Waals surface area contributed by atoms with Crippen LogP contribution in [0.25, 0.3) is 44.1 Å². The maximum Gasteiger partial charge on any atom is 0.253 e. The summed E-state index contributed by atoms with van der Waals surface area (Å²) < 4.78 is 11.0. The van der Waals surface area contributed by atoms with Gasteiger partial charge in [-0.05, 0) is 61.4 Å². The van der Waals surface area contributed by atoms with Crippen LogP contribution in [0.1, 0.15) is 47.4 Å². The highest BCUT2D eigenvalue weighted by Crippen LogP contribution is 2.28. The van der Waals surface area contributed by atoms with Crippen LogP contribution in [0.5, 0.6) is 11.5 Å². The van der Waals surface area contributed by atoms with Gasteiger partial charge in [0.25, 0.3) is 11.8 Å². The van der Waals surface area contributed by atoms with E-state index in [1.54, 1.807) is 50.6 Å². The second-order valence-corrected chi connectivity index (χ2v) is 11.0. The van der Waals surface area contributed by atoms with Crippen LogP contribution in [0, 0.1) is 0 Å². The van der Waals surface area contributed by atoms with Gasteiger partial charge in [0.15, 0.2) is 0 Å². The summed E-state index contributed by atoms with van der Waals surface area (Å²) in [7, 11) is 3.14. The van der Waals surface area contributed by atoms with Gasteiger partial charge < -0.3 is 25.8 Å². The fourth-order valence-corrected chi connectivity index (χ4v) is 5.80. The lowest BCUT2D eigenvalue weighted by Crippen LogP contribution is -2.58. The van der Waals surface area contributed by atoms with E-state index in [-0.39, 0.29) is 11.8 Å². The fraction of sp³-hybridized carbons (Fsp3) is 0.257. The average molecular weight is 618 g/mol. The quantitative estimate of drug-likeness (QED) is 0.181. The monoisotopic (exact) mass is 617 g/mol. The number of methoxy groups -OCH3 is 2. The van der Waals surface area contributed by atoms with Crippen molar-refractivity contribution in [1.29, 1.82) is 0 Å². The Labute approximate surface area is 265 Å². The normalized spacial score (nSPS) is 13.4. The molecule has 0 aliphatic heterocycles. The van der Waals surface area contributed by atoms with Gasteiger partial charge in [0, 0.05) is 18.1 Å². The predicted octanol–water partition coefficient (Wildman–Crippen LogP) is 4.94. The number of carbonyl (C=O) groups is 2. The summed E-state index contributed by atoms with van der Waals surface area (Å²) in [6.07, 6.45) is 1.08. The topological polar surface area (TPSA) is 154 Å². The molecule has 4 N–H and O–H groups in total. The Hall–Kier alpha value is -5.42. The van der Waals surface area contributed by atoms with Crippen LogP contribution in [-0.2, 0) is 0 Å². The maximum absolute atomic E-state index is 13.7. The molecule has 0 bridgehead atoms. The lowest BCUT2D eigenvalue weighted by Gasteiger charge is -2.31. The molecule has 6 aromatic rings. The third kappa shape index (κ3) is 5.61. The molecule has 2 heterocycles. The molecule has 0 fully saturated rings. The fourth-order valence-electron chi connectivity index (χ4n) is 5.80. The van der Waals surface area contributed by atoms with Gasteiger partial charge in [-0.15, -0.1) is 0 Å². The van der Waals surface area contributed by atoms with Crippen molar-refractivity contribution in [3.63, 3.8) is 0 Å². The Balaban J connectivity index is 1.25. The third-order valence-corrected chi connectivity index (χ3v) is 8.28. The summed E-state index contributed by atoms with van der Waals surface area (Å²) in [6, 6.07) is 20.2. The second kappa shape index (κ2) is 12.9. The van der Waals surface area contributed by atoms with E-state index in [1.807, 2.05) is 50.2 Å². The van der Waals surface area contributed by atoms with E-state index in [0.717, 1.165) is 0 Å². The smallest absolute Gasteiger partial charge is 0.253 e. The van der Waals surface area contributed by atoms with Crippen molar-refractivity contribution in [3.05, 3.63) is 83.9 Å². The second-order valence-electron chi connectivity index (χ2n) is 11.0. The third-order valence-electron chi connectivity index (χ3n) is 8.28. The molecular formula is C35H35N7O4. The molecule has 0 radical (unpaired) electrons. The van der Waals surface area contributed by atoms with E-state index < -0.39 is 18.1 Å². The minimum absolute atomic E-state index is 0.331. The number of hydrogen-bond acceptors (Lipinski definition) is 9. The maximum atomic E-state index is 13.7. The first-order valence-corrected chi connectivity index (χ1v) is 15.2. The molecular weight excluding hydrogens is 582 g/mol. The molecule has 11 nitrogen and oxygen atoms in total. The van der Waals surface area contributed by atoms with Crippen LogP contribution in [0.2, 0.25) is 0 Å². The lowest BCUT2D eigenvalue weighted by molar-refractivity contribution is 0.0909. The number of nitrogens with two attached hydrogens (primary N) is 1. The van der Waals surface area contributed by atoms with Gasteiger partial charge in [-0.1, -0.05) is 38.1 Å². The molecule has 11 heteroatoms. The first-order valence-electron chi connectivity index (χ1n) is 15.2. The van der Waals surface area contributed by atoms with Gasteiger partial charge in [-0.3, -0.25) is 9.59 Å². The van der Waals surface area contributed by atoms with E-state index in [2.05, 4.69) is 10.6 Å². The highest BCUT2D eigenvalue weighted by atomic mass is 16.5. The van der Waals surface area contributed by atoms with E-state index in [9.17, 15) is 9.59 Å². The van der Waals surface area contributed by atoms with Crippen molar-refractivity contribution in [3.8, 4) is 11.5 Å². The number of ether oxygens (including phenoxy) is 2. The summed E-state index contributed by atoms with van der Waals surface area (Å²) in [5.41, 5.74) is 12.1. The zero-order valence-corrected chi connectivity index (χ0v) is 26.1. The van der Waals surface area contributed by atoms with Crippen LogP contribution < -0.4 is 25.8 Å². The summed E-state index contributed by atoms with van der Waals surface area (Å²) in [6.45, 7) is 3.89. The molecule has 0 aliphatic carbocycles. The SMILES string of the molecule is CCC(NC(=O)c1cccc2nc3cccc(OC)c3nc12)C(N)C(CC)NC(=O)c1cccc2nc3cccc(OC)c3nc12. The molecule has 2 amide bonds. The van der Waals surface area contributed by atoms with Crippen LogP contribution >= 0.6 is 0 Å². The molecule has 4 aromatic carbocycles. The van der Waals surface area contributed by atoms with E-state index >= 15 is 0 Å². The lowest BCUT2D eigenvalue weighted by atomic mass is 9.95. The van der Waals surface area contributed by atoms with E-state index in [4.69, 9.17) is 35.1 Å². The Morgan fingerprint density at radius 2 is 0.978 bits per heavy atom. The summed E-state index contributed by atoms with van der Waals surface area (Å²) in [5.74, 6) is 0.480. The average Bonchev–Trinajstić information content (AvgIpc) is 3.09. The Kier molecular flexibility index (Phi) is 8.58. The minimum atomic E-state index is -0.591. The zero-order valence-electron chi connectivity index (χ0n) is 26.1. The number of rotatable bonds is 10. The molecule has 2 aromatic heterocycles. The predicted molar refractivity (Wildman–Crippen MR) is 178 cm³/mol. The molecule has 6 rings (SSSR count). The first kappa shape index (κ1) is 30.6. The first-order chi connectivity index (χ1) is 22.4. The van der Waals surface area contributed by atoms with Crippen molar-refractivity contribution in [2.45, 2.75) is 44.8 Å². The molecule has 46 heavy (non-hydrogen) atoms. The number of para-hydroxylation sites is 4. The molecule has 234 valence electrons. The number of amides is 2. The summed E-state index contributed by atoms with van der Waals surface area (Å²) >= 11 is 0. The van der Waals surface area contributed by atoms with Gasteiger partial charge in [0.2, 0.25) is 0 Å². The molecule has 2 unspecified atom stereocenters. The number of benzene rings is 4. The number of nitrogens with zero attached hydrogens (tertiary/aromatic N) is 4. The van der Waals surface area contributed by atoms with Crippen LogP contribution in [0.4, 0.5) is 0 Å². The van der Waals surface area contributed by atoms with Gasteiger partial charge >= 0.3 is 0 Å². The van der Waals surface area contributed by atoms with Gasteiger partial charge in [-0.25, -0.2) is 19.9 Å². The highest BCUT2D eigenvalue weighted by Gasteiger charge is 2.29. The van der Waals surface area contributed by atoms with Gasteiger partial charge in [0.05, 0.1) is 47.4 Å². The van der Waals surface area contributed by atoms with Crippen LogP contribution in [0.15, 0.2) is 72.8 Å². The Morgan fingerprint density at radius 3 is 1.35 bits per heavy atom. The van der Waals surface area contributed by atoms with Crippen molar-refractivity contribution in [1.82, 2.24) is 30.6 Å². The Morgan fingerprint density at radius 1 is 0.609 bits per heavy atom. The van der Waals surface area contributed by atoms with Crippen LogP contribution in [-0.4, -0.2) is 64.1 Å². The van der Waals surface area contributed by atoms with Gasteiger partial charge in [0.1, 0.15) is 33.6 Å². The highest BCUT2D eigenvalue weighted by molar-refractivity contribution is 6.07. The standard InChI is InChI=1S/C35H35N7O4/c1-5-21(39-34(43)19-11-7-13-23-30(19)41-32-25(37-23)15-9-17-27(32)45-3)29(36)22(6-2)40-35(44)20-12-8-14-24-31(20)42-33-26(38-24)16-10-18-28(33)46-4/h7-18,21-22,29H,5-6,36H2,1-4H3,(H,39,43)(H,40,44). The summed E-state index contributed by atoms with van der Waals surface area (Å²) in [5, 5.41) is 6.18. The molecule has 2 atom stereocenters. The Bertz CT molecular complexity index is 1950. The minimum Gasteiger partial charge on any atom is -0.494 e. The number of hydrogen-bond donors (Lipinski definition) is 3. The van der Waals surface area contributed by atoms with Crippen molar-refractivity contribution in [2.75, 3.05) is 14.2 Å². The summed E-state index contributed by atoms with van der Waals surface area (Å²) in [4.78, 5) is 46.4. The number of fused-ring (bicyclic) bond motifs is 4. The van der Waals surface area contributed by atoms with Crippen molar-refractivity contribution >= 4 is 55.9 Å². The zero-order chi connectivity index (χ0) is 32.4. The number of aromatic nitrogens is 4. The molecule has 0 spiro atoms. The van der Waals surface area contributed by atoms with Crippen LogP contribution in [0.3, 0.4) is 0 Å². The van der Waals surface area contributed by atoms with Crippen molar-refractivity contribution in [2.24, 2.45) is 5.73 Å².